The Morgan fingerprint density at radius 3 is 2.78 bits per heavy atom. The summed E-state index contributed by atoms with van der Waals surface area (Å²) in [6, 6.07) is 11.3. The smallest absolute Gasteiger partial charge is 0.317 e. The summed E-state index contributed by atoms with van der Waals surface area (Å²) in [5, 5.41) is 2.97. The van der Waals surface area contributed by atoms with Crippen LogP contribution in [0.5, 0.6) is 11.5 Å². The molecule has 1 aliphatic rings. The molecule has 1 atom stereocenters. The number of benzene rings is 1. The molecule has 27 heavy (non-hydrogen) atoms. The van der Waals surface area contributed by atoms with Gasteiger partial charge in [0.2, 0.25) is 0 Å². The molecular formula is C20H26N4O3. The molecule has 1 aliphatic heterocycles. The van der Waals surface area contributed by atoms with E-state index in [1.807, 2.05) is 62.3 Å². The number of carbonyl (C=O) groups excluding carboxylic acids is 1. The zero-order valence-electron chi connectivity index (χ0n) is 16.0. The summed E-state index contributed by atoms with van der Waals surface area (Å²) in [5.74, 6) is 2.33. The van der Waals surface area contributed by atoms with Gasteiger partial charge < -0.3 is 24.6 Å². The summed E-state index contributed by atoms with van der Waals surface area (Å²) in [6.45, 7) is 3.89. The molecule has 0 fully saturated rings. The van der Waals surface area contributed by atoms with Gasteiger partial charge in [-0.15, -0.1) is 0 Å². The molecule has 0 aliphatic carbocycles. The van der Waals surface area contributed by atoms with E-state index in [2.05, 4.69) is 10.3 Å². The number of urea groups is 1. The van der Waals surface area contributed by atoms with Crippen molar-refractivity contribution in [2.24, 2.45) is 0 Å². The molecule has 0 bridgehead atoms. The Hall–Kier alpha value is -2.96. The number of ether oxygens (including phenoxy) is 2. The van der Waals surface area contributed by atoms with Crippen LogP contribution in [-0.4, -0.2) is 55.8 Å². The first-order valence-corrected chi connectivity index (χ1v) is 9.10. The zero-order chi connectivity index (χ0) is 19.2. The highest BCUT2D eigenvalue weighted by Gasteiger charge is 2.24. The largest absolute Gasteiger partial charge is 0.486 e. The van der Waals surface area contributed by atoms with Gasteiger partial charge in [-0.1, -0.05) is 12.1 Å². The number of para-hydroxylation sites is 2. The summed E-state index contributed by atoms with van der Waals surface area (Å²) >= 11 is 0. The van der Waals surface area contributed by atoms with E-state index < -0.39 is 0 Å². The highest BCUT2D eigenvalue weighted by molar-refractivity contribution is 5.74. The minimum Gasteiger partial charge on any atom is -0.486 e. The first-order valence-electron chi connectivity index (χ1n) is 9.10. The van der Waals surface area contributed by atoms with Gasteiger partial charge in [0.15, 0.2) is 17.6 Å². The zero-order valence-corrected chi connectivity index (χ0v) is 16.0. The number of hydrogen-bond acceptors (Lipinski definition) is 5. The van der Waals surface area contributed by atoms with Crippen LogP contribution in [0.3, 0.4) is 0 Å². The van der Waals surface area contributed by atoms with Gasteiger partial charge in [-0.05, 0) is 36.8 Å². The van der Waals surface area contributed by atoms with E-state index in [9.17, 15) is 4.79 Å². The number of nitrogens with zero attached hydrogens (tertiary/aromatic N) is 3. The van der Waals surface area contributed by atoms with Crippen LogP contribution in [0.15, 0.2) is 42.6 Å². The van der Waals surface area contributed by atoms with Crippen molar-refractivity contribution in [3.63, 3.8) is 0 Å². The van der Waals surface area contributed by atoms with Crippen molar-refractivity contribution in [2.75, 3.05) is 38.7 Å². The highest BCUT2D eigenvalue weighted by atomic mass is 16.6. The predicted molar refractivity (Wildman–Crippen MR) is 104 cm³/mol. The fraction of sp³-hybridized carbons (Fsp3) is 0.400. The maximum atomic E-state index is 12.6. The Kier molecular flexibility index (Phi) is 6.01. The first-order chi connectivity index (χ1) is 13.1. The third-order valence-corrected chi connectivity index (χ3v) is 4.37. The van der Waals surface area contributed by atoms with Crippen LogP contribution >= 0.6 is 0 Å². The maximum absolute atomic E-state index is 12.6. The quantitative estimate of drug-likeness (QED) is 0.846. The van der Waals surface area contributed by atoms with E-state index in [0.29, 0.717) is 26.2 Å². The lowest BCUT2D eigenvalue weighted by Gasteiger charge is -2.31. The molecule has 1 N–H and O–H groups in total. The van der Waals surface area contributed by atoms with Crippen LogP contribution in [0.2, 0.25) is 0 Å². The first kappa shape index (κ1) is 18.8. The molecule has 2 aromatic rings. The van der Waals surface area contributed by atoms with Crippen molar-refractivity contribution in [3.8, 4) is 11.5 Å². The lowest BCUT2D eigenvalue weighted by atomic mass is 10.2. The van der Waals surface area contributed by atoms with Crippen molar-refractivity contribution in [1.82, 2.24) is 15.2 Å². The number of pyridine rings is 1. The van der Waals surface area contributed by atoms with Gasteiger partial charge in [0.05, 0.1) is 6.54 Å². The highest BCUT2D eigenvalue weighted by Crippen LogP contribution is 2.31. The number of hydrogen-bond donors (Lipinski definition) is 1. The molecule has 1 unspecified atom stereocenters. The van der Waals surface area contributed by atoms with Crippen LogP contribution in [0.25, 0.3) is 0 Å². The molecule has 1 aromatic carbocycles. The van der Waals surface area contributed by atoms with Crippen molar-refractivity contribution in [2.45, 2.75) is 19.6 Å². The number of carbonyl (C=O) groups is 1. The average molecular weight is 370 g/mol. The molecule has 144 valence electrons. The molecular weight excluding hydrogens is 344 g/mol. The van der Waals surface area contributed by atoms with Crippen LogP contribution < -0.4 is 19.7 Å². The van der Waals surface area contributed by atoms with Crippen molar-refractivity contribution in [3.05, 3.63) is 48.2 Å². The van der Waals surface area contributed by atoms with E-state index in [-0.39, 0.29) is 12.1 Å². The molecule has 7 nitrogen and oxygen atoms in total. The van der Waals surface area contributed by atoms with Crippen LogP contribution in [0.1, 0.15) is 12.5 Å². The summed E-state index contributed by atoms with van der Waals surface area (Å²) in [5.41, 5.74) is 1.00. The minimum absolute atomic E-state index is 0.122. The van der Waals surface area contributed by atoms with E-state index in [4.69, 9.17) is 9.47 Å². The molecule has 0 saturated heterocycles. The third kappa shape index (κ3) is 4.81. The monoisotopic (exact) mass is 370 g/mol. The van der Waals surface area contributed by atoms with Gasteiger partial charge in [-0.25, -0.2) is 9.78 Å². The van der Waals surface area contributed by atoms with E-state index in [1.54, 1.807) is 11.1 Å². The molecule has 7 heteroatoms. The maximum Gasteiger partial charge on any atom is 0.317 e. The van der Waals surface area contributed by atoms with Gasteiger partial charge in [-0.2, -0.15) is 0 Å². The molecule has 0 saturated carbocycles. The molecule has 0 radical (unpaired) electrons. The lowest BCUT2D eigenvalue weighted by Crippen LogP contribution is -2.47. The summed E-state index contributed by atoms with van der Waals surface area (Å²) < 4.78 is 11.7. The van der Waals surface area contributed by atoms with Crippen molar-refractivity contribution in [1.29, 1.82) is 0 Å². The van der Waals surface area contributed by atoms with E-state index >= 15 is 0 Å². The van der Waals surface area contributed by atoms with Gasteiger partial charge in [0.1, 0.15) is 12.4 Å². The molecule has 3 rings (SSSR count). The second-order valence-corrected chi connectivity index (χ2v) is 6.61. The van der Waals surface area contributed by atoms with Gasteiger partial charge in [-0.3, -0.25) is 0 Å². The number of anilines is 1. The summed E-state index contributed by atoms with van der Waals surface area (Å²) in [7, 11) is 3.88. The van der Waals surface area contributed by atoms with Crippen molar-refractivity contribution < 1.29 is 14.3 Å². The topological polar surface area (TPSA) is 66.9 Å². The summed E-state index contributed by atoms with van der Waals surface area (Å²) in [6.07, 6.45) is 1.56. The number of likely N-dealkylation sites (N-methyl/N-ethyl adjacent to an activating group) is 1. The van der Waals surface area contributed by atoms with Crippen molar-refractivity contribution >= 4 is 11.8 Å². The fourth-order valence-electron chi connectivity index (χ4n) is 2.86. The second-order valence-electron chi connectivity index (χ2n) is 6.61. The Balaban J connectivity index is 1.54. The van der Waals surface area contributed by atoms with Crippen LogP contribution in [0, 0.1) is 0 Å². The number of aromatic nitrogens is 1. The van der Waals surface area contributed by atoms with Gasteiger partial charge in [0, 0.05) is 33.4 Å². The van der Waals surface area contributed by atoms with E-state index in [0.717, 1.165) is 22.9 Å². The summed E-state index contributed by atoms with van der Waals surface area (Å²) in [4.78, 5) is 20.5. The third-order valence-electron chi connectivity index (χ3n) is 4.37. The van der Waals surface area contributed by atoms with Gasteiger partial charge in [0.25, 0.3) is 0 Å². The number of nitrogens with one attached hydrogen (secondary N) is 1. The fourth-order valence-corrected chi connectivity index (χ4v) is 2.86. The van der Waals surface area contributed by atoms with Gasteiger partial charge >= 0.3 is 6.03 Å². The average Bonchev–Trinajstić information content (AvgIpc) is 2.70. The Morgan fingerprint density at radius 1 is 1.26 bits per heavy atom. The van der Waals surface area contributed by atoms with Crippen LogP contribution in [0.4, 0.5) is 10.6 Å². The van der Waals surface area contributed by atoms with Crippen LogP contribution in [-0.2, 0) is 6.54 Å². The standard InChI is InChI=1S/C20H26N4O3/c1-4-24(13-16-14-26-17-7-5-6-8-18(17)27-16)20(25)22-12-15-9-10-21-19(11-15)23(2)3/h5-11,16H,4,12-14H2,1-3H3,(H,22,25). The minimum atomic E-state index is -0.188. The van der Waals surface area contributed by atoms with E-state index in [1.165, 1.54) is 0 Å². The molecule has 2 amide bonds. The molecule has 1 aromatic heterocycles. The second kappa shape index (κ2) is 8.62. The number of amides is 2. The lowest BCUT2D eigenvalue weighted by molar-refractivity contribution is 0.0675. The number of fused-ring (bicyclic) bond motifs is 1. The predicted octanol–water partition coefficient (Wildman–Crippen LogP) is 2.52. The Bertz CT molecular complexity index is 781. The number of rotatable bonds is 6. The SMILES string of the molecule is CCN(CC1COc2ccccc2O1)C(=O)NCc1ccnc(N(C)C)c1. The molecule has 0 spiro atoms. The molecule has 2 heterocycles. The normalized spacial score (nSPS) is 15.1. The Labute approximate surface area is 159 Å². The Morgan fingerprint density at radius 2 is 2.04 bits per heavy atom.